The Hall–Kier alpha value is -4.82. The number of fused-ring (bicyclic) bond motifs is 1. The second-order valence-corrected chi connectivity index (χ2v) is 10.8. The monoisotopic (exact) mass is 589 g/mol. The first-order chi connectivity index (χ1) is 20.2. The molecule has 1 heterocycles. The molecule has 0 aliphatic rings. The Morgan fingerprint density at radius 2 is 0.805 bits per heavy atom. The fourth-order valence-electron chi connectivity index (χ4n) is 5.29. The van der Waals surface area contributed by atoms with Crippen LogP contribution in [0, 0.1) is 0 Å². The van der Waals surface area contributed by atoms with Gasteiger partial charge in [-0.2, -0.15) is 0 Å². The van der Waals surface area contributed by atoms with Crippen molar-refractivity contribution in [1.82, 2.24) is 9.97 Å². The molecular formula is C38H25N2Se. The normalized spacial score (nSPS) is 11.0. The molecule has 7 aromatic rings. The molecule has 1 aromatic heterocycles. The van der Waals surface area contributed by atoms with Gasteiger partial charge in [0.1, 0.15) is 0 Å². The predicted octanol–water partition coefficient (Wildman–Crippen LogP) is 8.76. The van der Waals surface area contributed by atoms with Crippen molar-refractivity contribution in [2.45, 2.75) is 0 Å². The Morgan fingerprint density at radius 3 is 1.49 bits per heavy atom. The number of rotatable bonds is 5. The first-order valence-electron chi connectivity index (χ1n) is 13.6. The fraction of sp³-hybridized carbons (Fsp3) is 0. The van der Waals surface area contributed by atoms with Crippen molar-refractivity contribution < 1.29 is 0 Å². The van der Waals surface area contributed by atoms with Crippen molar-refractivity contribution in [2.75, 3.05) is 0 Å². The van der Waals surface area contributed by atoms with Crippen molar-refractivity contribution in [1.29, 1.82) is 0 Å². The zero-order valence-electron chi connectivity index (χ0n) is 22.2. The molecule has 0 saturated carbocycles. The molecule has 0 aliphatic heterocycles. The van der Waals surface area contributed by atoms with E-state index >= 15 is 0 Å². The van der Waals surface area contributed by atoms with Crippen molar-refractivity contribution in [2.24, 2.45) is 0 Å². The summed E-state index contributed by atoms with van der Waals surface area (Å²) in [6, 6.07) is 52.8. The Kier molecular flexibility index (Phi) is 6.74. The zero-order chi connectivity index (χ0) is 27.6. The number of hydrogen-bond donors (Lipinski definition) is 0. The molecule has 0 atom stereocenters. The van der Waals surface area contributed by atoms with Gasteiger partial charge in [0.15, 0.2) is 0 Å². The molecule has 0 amide bonds. The van der Waals surface area contributed by atoms with Crippen molar-refractivity contribution in [3.8, 4) is 55.9 Å². The summed E-state index contributed by atoms with van der Waals surface area (Å²) in [5.41, 5.74) is 12.6. The van der Waals surface area contributed by atoms with E-state index in [0.717, 1.165) is 49.1 Å². The summed E-state index contributed by atoms with van der Waals surface area (Å²) in [6.45, 7) is 0. The molecule has 0 saturated heterocycles. The summed E-state index contributed by atoms with van der Waals surface area (Å²) in [4.78, 5) is 10.3. The van der Waals surface area contributed by atoms with E-state index in [4.69, 9.17) is 9.97 Å². The summed E-state index contributed by atoms with van der Waals surface area (Å²) in [5, 5.41) is 0. The number of hydrogen-bond acceptors (Lipinski definition) is 2. The molecule has 0 spiro atoms. The predicted molar refractivity (Wildman–Crippen MR) is 172 cm³/mol. The van der Waals surface area contributed by atoms with Crippen LogP contribution in [0.3, 0.4) is 0 Å². The molecule has 6 aromatic carbocycles. The third-order valence-corrected chi connectivity index (χ3v) is 8.31. The number of nitrogens with zero attached hydrogens (tertiary/aromatic N) is 2. The molecule has 0 aliphatic carbocycles. The maximum atomic E-state index is 5.18. The van der Waals surface area contributed by atoms with E-state index in [1.165, 1.54) is 22.3 Å². The molecular weight excluding hydrogens is 563 g/mol. The molecule has 0 unspecified atom stereocenters. The van der Waals surface area contributed by atoms with Crippen LogP contribution in [0.25, 0.3) is 66.9 Å². The van der Waals surface area contributed by atoms with E-state index < -0.39 is 0 Å². The van der Waals surface area contributed by atoms with E-state index in [1.807, 2.05) is 36.4 Å². The van der Waals surface area contributed by atoms with Crippen LogP contribution in [0.4, 0.5) is 0 Å². The van der Waals surface area contributed by atoms with Crippen LogP contribution in [-0.2, 0) is 0 Å². The van der Waals surface area contributed by atoms with Gasteiger partial charge >= 0.3 is 249 Å². The summed E-state index contributed by atoms with van der Waals surface area (Å²) < 4.78 is 1.06. The average Bonchev–Trinajstić information content (AvgIpc) is 3.05. The quantitative estimate of drug-likeness (QED) is 0.188. The zero-order valence-corrected chi connectivity index (χ0v) is 23.9. The van der Waals surface area contributed by atoms with Crippen molar-refractivity contribution >= 4 is 31.5 Å². The molecule has 0 fully saturated rings. The molecule has 2 nitrogen and oxygen atoms in total. The van der Waals surface area contributed by atoms with Crippen molar-refractivity contribution in [3.63, 3.8) is 0 Å². The Morgan fingerprint density at radius 1 is 0.341 bits per heavy atom. The van der Waals surface area contributed by atoms with Crippen LogP contribution in [0.15, 0.2) is 152 Å². The standard InChI is InChI=1S/C38H25N2Se/c41-38-32(31-16-9-15-30(25-31)27-13-5-2-6-14-27)17-10-18-33(38)37-36(39-34-19-7-8-20-35(34)40-37)29-23-21-28(22-24-29)26-11-3-1-4-12-26/h1-25H. The van der Waals surface area contributed by atoms with Gasteiger partial charge < -0.3 is 0 Å². The Bertz CT molecular complexity index is 1980. The molecule has 7 rings (SSSR count). The molecule has 41 heavy (non-hydrogen) atoms. The molecule has 0 N–H and O–H groups in total. The fourth-order valence-corrected chi connectivity index (χ4v) is 6.02. The van der Waals surface area contributed by atoms with Crippen LogP contribution in [0.1, 0.15) is 0 Å². The topological polar surface area (TPSA) is 25.8 Å². The second-order valence-electron chi connectivity index (χ2n) is 9.98. The number of benzene rings is 6. The van der Waals surface area contributed by atoms with Crippen LogP contribution in [0.2, 0.25) is 0 Å². The second kappa shape index (κ2) is 11.0. The summed E-state index contributed by atoms with van der Waals surface area (Å²) in [7, 11) is 0. The van der Waals surface area contributed by atoms with Crippen LogP contribution in [0.5, 0.6) is 0 Å². The van der Waals surface area contributed by atoms with E-state index in [2.05, 4.69) is 131 Å². The SMILES string of the molecule is [Se]c1c(-c2cccc(-c3ccccc3)c2)cccc1-c1nc2ccccc2nc1-c1ccc(-c2ccccc2)cc1. The van der Waals surface area contributed by atoms with Crippen LogP contribution in [-0.4, -0.2) is 26.0 Å². The first kappa shape index (κ1) is 25.2. The Labute approximate surface area is 248 Å². The van der Waals surface area contributed by atoms with Gasteiger partial charge in [0.25, 0.3) is 0 Å². The van der Waals surface area contributed by atoms with Gasteiger partial charge in [0.05, 0.1) is 0 Å². The van der Waals surface area contributed by atoms with Gasteiger partial charge in [-0.25, -0.2) is 0 Å². The van der Waals surface area contributed by atoms with Crippen LogP contribution >= 0.6 is 0 Å². The van der Waals surface area contributed by atoms with Crippen molar-refractivity contribution in [3.05, 3.63) is 152 Å². The molecule has 0 bridgehead atoms. The number of para-hydroxylation sites is 2. The molecule has 3 heteroatoms. The van der Waals surface area contributed by atoms with Gasteiger partial charge in [-0.1, -0.05) is 0 Å². The van der Waals surface area contributed by atoms with E-state index in [1.54, 1.807) is 0 Å². The summed E-state index contributed by atoms with van der Waals surface area (Å²) in [6.07, 6.45) is 0. The van der Waals surface area contributed by atoms with E-state index in [-0.39, 0.29) is 0 Å². The summed E-state index contributed by atoms with van der Waals surface area (Å²) >= 11 is 3.38. The minimum atomic E-state index is 0.867. The maximum absolute atomic E-state index is 5.18. The van der Waals surface area contributed by atoms with Gasteiger partial charge in [-0.15, -0.1) is 0 Å². The van der Waals surface area contributed by atoms with E-state index in [9.17, 15) is 0 Å². The molecule has 193 valence electrons. The van der Waals surface area contributed by atoms with Gasteiger partial charge in [-0.3, -0.25) is 0 Å². The minimum absolute atomic E-state index is 0.867. The third kappa shape index (κ3) is 4.98. The van der Waals surface area contributed by atoms with Gasteiger partial charge in [0, 0.05) is 0 Å². The van der Waals surface area contributed by atoms with Gasteiger partial charge in [-0.05, 0) is 0 Å². The van der Waals surface area contributed by atoms with E-state index in [0.29, 0.717) is 0 Å². The first-order valence-corrected chi connectivity index (χ1v) is 14.5. The average molecular weight is 589 g/mol. The Balaban J connectivity index is 1.37. The van der Waals surface area contributed by atoms with Crippen LogP contribution < -0.4 is 4.46 Å². The van der Waals surface area contributed by atoms with Gasteiger partial charge in [0.2, 0.25) is 0 Å². The molecule has 1 radical (unpaired) electrons. The summed E-state index contributed by atoms with van der Waals surface area (Å²) in [5.74, 6) is 0. The third-order valence-electron chi connectivity index (χ3n) is 7.39. The number of aromatic nitrogens is 2.